The molecule has 1 aromatic carbocycles. The van der Waals surface area contributed by atoms with E-state index in [1.54, 1.807) is 0 Å². The molecular formula is C13H22N2. The summed E-state index contributed by atoms with van der Waals surface area (Å²) in [7, 11) is 4.11. The standard InChI is InChI=1S/C13H22N2/c1-9-6-10(2)13(11(3)7-9)12(14)8-15(4)5/h6-7,12H,8,14H2,1-5H3. The monoisotopic (exact) mass is 206 g/mol. The number of hydrogen-bond acceptors (Lipinski definition) is 2. The van der Waals surface area contributed by atoms with Crippen molar-refractivity contribution in [2.24, 2.45) is 5.73 Å². The van der Waals surface area contributed by atoms with Crippen LogP contribution in [0, 0.1) is 20.8 Å². The van der Waals surface area contributed by atoms with Crippen LogP contribution in [0.4, 0.5) is 0 Å². The molecule has 0 saturated heterocycles. The van der Waals surface area contributed by atoms with Crippen molar-refractivity contribution in [2.75, 3.05) is 20.6 Å². The second-order valence-electron chi connectivity index (χ2n) is 4.68. The van der Waals surface area contributed by atoms with Crippen LogP contribution in [0.2, 0.25) is 0 Å². The fourth-order valence-electron chi connectivity index (χ4n) is 2.26. The Morgan fingerprint density at radius 2 is 1.60 bits per heavy atom. The summed E-state index contributed by atoms with van der Waals surface area (Å²) in [6.45, 7) is 7.31. The maximum atomic E-state index is 6.21. The molecule has 1 rings (SSSR count). The Hall–Kier alpha value is -0.860. The SMILES string of the molecule is Cc1cc(C)c(C(N)CN(C)C)c(C)c1. The molecule has 0 aliphatic carbocycles. The van der Waals surface area contributed by atoms with Crippen LogP contribution < -0.4 is 5.73 Å². The Bertz CT molecular complexity index is 319. The van der Waals surface area contributed by atoms with Crippen LogP contribution in [-0.2, 0) is 0 Å². The molecule has 2 nitrogen and oxygen atoms in total. The van der Waals surface area contributed by atoms with Gasteiger partial charge >= 0.3 is 0 Å². The fourth-order valence-corrected chi connectivity index (χ4v) is 2.26. The molecule has 0 amide bonds. The second-order valence-corrected chi connectivity index (χ2v) is 4.68. The highest BCUT2D eigenvalue weighted by Gasteiger charge is 2.12. The fraction of sp³-hybridized carbons (Fsp3) is 0.538. The number of aryl methyl sites for hydroxylation is 3. The van der Waals surface area contributed by atoms with Gasteiger partial charge < -0.3 is 10.6 Å². The van der Waals surface area contributed by atoms with Crippen LogP contribution in [0.3, 0.4) is 0 Å². The van der Waals surface area contributed by atoms with Gasteiger partial charge in [-0.2, -0.15) is 0 Å². The number of hydrogen-bond donors (Lipinski definition) is 1. The van der Waals surface area contributed by atoms with Crippen LogP contribution in [0.5, 0.6) is 0 Å². The normalized spacial score (nSPS) is 13.3. The van der Waals surface area contributed by atoms with Gasteiger partial charge in [-0.1, -0.05) is 17.7 Å². The quantitative estimate of drug-likeness (QED) is 0.821. The van der Waals surface area contributed by atoms with Gasteiger partial charge in [-0.25, -0.2) is 0 Å². The van der Waals surface area contributed by atoms with Crippen LogP contribution in [0.1, 0.15) is 28.3 Å². The number of rotatable bonds is 3. The van der Waals surface area contributed by atoms with Crippen molar-refractivity contribution in [3.63, 3.8) is 0 Å². The lowest BCUT2D eigenvalue weighted by molar-refractivity contribution is 0.375. The zero-order chi connectivity index (χ0) is 11.6. The number of likely N-dealkylation sites (N-methyl/N-ethyl adjacent to an activating group) is 1. The molecule has 0 bridgehead atoms. The predicted octanol–water partition coefficient (Wildman–Crippen LogP) is 2.17. The van der Waals surface area contributed by atoms with Gasteiger partial charge in [0.15, 0.2) is 0 Å². The van der Waals surface area contributed by atoms with Gasteiger partial charge in [0.05, 0.1) is 0 Å². The van der Waals surface area contributed by atoms with E-state index in [0.717, 1.165) is 6.54 Å². The molecule has 1 unspecified atom stereocenters. The predicted molar refractivity (Wildman–Crippen MR) is 66.1 cm³/mol. The van der Waals surface area contributed by atoms with Crippen LogP contribution in [-0.4, -0.2) is 25.5 Å². The van der Waals surface area contributed by atoms with Crippen molar-refractivity contribution in [3.05, 3.63) is 34.4 Å². The smallest absolute Gasteiger partial charge is 0.0429 e. The van der Waals surface area contributed by atoms with E-state index in [9.17, 15) is 0 Å². The lowest BCUT2D eigenvalue weighted by atomic mass is 9.94. The van der Waals surface area contributed by atoms with Crippen molar-refractivity contribution in [3.8, 4) is 0 Å². The van der Waals surface area contributed by atoms with Gasteiger partial charge in [0, 0.05) is 12.6 Å². The highest BCUT2D eigenvalue weighted by Crippen LogP contribution is 2.22. The lowest BCUT2D eigenvalue weighted by Gasteiger charge is -2.21. The Morgan fingerprint density at radius 3 is 2.00 bits per heavy atom. The molecule has 1 atom stereocenters. The minimum absolute atomic E-state index is 0.112. The molecule has 0 fully saturated rings. The molecule has 0 aliphatic rings. The van der Waals surface area contributed by atoms with E-state index in [-0.39, 0.29) is 6.04 Å². The topological polar surface area (TPSA) is 29.3 Å². The number of nitrogens with two attached hydrogens (primary N) is 1. The molecule has 0 radical (unpaired) electrons. The molecule has 84 valence electrons. The molecule has 0 heterocycles. The first kappa shape index (κ1) is 12.2. The Balaban J connectivity index is 3.03. The Kier molecular flexibility index (Phi) is 3.89. The van der Waals surface area contributed by atoms with Crippen LogP contribution in [0.25, 0.3) is 0 Å². The largest absolute Gasteiger partial charge is 0.323 e. The summed E-state index contributed by atoms with van der Waals surface area (Å²) in [6, 6.07) is 4.52. The molecule has 0 saturated carbocycles. The maximum Gasteiger partial charge on any atom is 0.0429 e. The van der Waals surface area contributed by atoms with Gasteiger partial charge in [-0.05, 0) is 51.6 Å². The van der Waals surface area contributed by atoms with Gasteiger partial charge in [0.25, 0.3) is 0 Å². The number of benzene rings is 1. The van der Waals surface area contributed by atoms with Gasteiger partial charge in [0.1, 0.15) is 0 Å². The molecule has 1 aromatic rings. The minimum atomic E-state index is 0.112. The summed E-state index contributed by atoms with van der Waals surface area (Å²) in [6.07, 6.45) is 0. The summed E-state index contributed by atoms with van der Waals surface area (Å²) in [4.78, 5) is 2.13. The van der Waals surface area contributed by atoms with Gasteiger partial charge in [-0.3, -0.25) is 0 Å². The lowest BCUT2D eigenvalue weighted by Crippen LogP contribution is -2.27. The van der Waals surface area contributed by atoms with Crippen LogP contribution in [0.15, 0.2) is 12.1 Å². The summed E-state index contributed by atoms with van der Waals surface area (Å²) in [5.74, 6) is 0. The third-order valence-electron chi connectivity index (χ3n) is 2.67. The second kappa shape index (κ2) is 4.77. The zero-order valence-corrected chi connectivity index (χ0v) is 10.5. The zero-order valence-electron chi connectivity index (χ0n) is 10.5. The first-order chi connectivity index (χ1) is 6.91. The highest BCUT2D eigenvalue weighted by molar-refractivity contribution is 5.39. The van der Waals surface area contributed by atoms with E-state index >= 15 is 0 Å². The van der Waals surface area contributed by atoms with Crippen LogP contribution >= 0.6 is 0 Å². The molecule has 0 spiro atoms. The third kappa shape index (κ3) is 3.05. The summed E-state index contributed by atoms with van der Waals surface area (Å²) < 4.78 is 0. The molecule has 2 heteroatoms. The summed E-state index contributed by atoms with van der Waals surface area (Å²) >= 11 is 0. The maximum absolute atomic E-state index is 6.21. The van der Waals surface area contributed by atoms with E-state index in [4.69, 9.17) is 5.73 Å². The summed E-state index contributed by atoms with van der Waals surface area (Å²) in [5.41, 5.74) is 11.4. The van der Waals surface area contributed by atoms with E-state index in [2.05, 4.69) is 51.9 Å². The van der Waals surface area contributed by atoms with Crippen molar-refractivity contribution in [1.82, 2.24) is 4.90 Å². The first-order valence-electron chi connectivity index (χ1n) is 5.40. The van der Waals surface area contributed by atoms with Crippen molar-refractivity contribution in [1.29, 1.82) is 0 Å². The van der Waals surface area contributed by atoms with Gasteiger partial charge in [0.2, 0.25) is 0 Å². The average molecular weight is 206 g/mol. The Morgan fingerprint density at radius 1 is 1.13 bits per heavy atom. The van der Waals surface area contributed by atoms with Crippen molar-refractivity contribution < 1.29 is 0 Å². The van der Waals surface area contributed by atoms with Crippen molar-refractivity contribution in [2.45, 2.75) is 26.8 Å². The van der Waals surface area contributed by atoms with E-state index in [1.165, 1.54) is 22.3 Å². The molecule has 15 heavy (non-hydrogen) atoms. The minimum Gasteiger partial charge on any atom is -0.323 e. The third-order valence-corrected chi connectivity index (χ3v) is 2.67. The molecule has 0 aliphatic heterocycles. The first-order valence-corrected chi connectivity index (χ1v) is 5.40. The van der Waals surface area contributed by atoms with Crippen molar-refractivity contribution >= 4 is 0 Å². The molecule has 2 N–H and O–H groups in total. The highest BCUT2D eigenvalue weighted by atomic mass is 15.1. The van der Waals surface area contributed by atoms with E-state index < -0.39 is 0 Å². The molecule has 0 aromatic heterocycles. The average Bonchev–Trinajstić information content (AvgIpc) is 1.99. The number of nitrogens with zero attached hydrogens (tertiary/aromatic N) is 1. The van der Waals surface area contributed by atoms with Gasteiger partial charge in [-0.15, -0.1) is 0 Å². The Labute approximate surface area is 93.1 Å². The summed E-state index contributed by atoms with van der Waals surface area (Å²) in [5, 5.41) is 0. The van der Waals surface area contributed by atoms with E-state index in [1.807, 2.05) is 0 Å². The van der Waals surface area contributed by atoms with E-state index in [0.29, 0.717) is 0 Å². The molecular weight excluding hydrogens is 184 g/mol.